The Hall–Kier alpha value is -1.96. The van der Waals surface area contributed by atoms with Gasteiger partial charge in [0.25, 0.3) is 0 Å². The molecule has 1 aromatic heterocycles. The summed E-state index contributed by atoms with van der Waals surface area (Å²) in [6.07, 6.45) is 0. The van der Waals surface area contributed by atoms with Crippen molar-refractivity contribution < 1.29 is 14.1 Å². The number of amides is 2. The second-order valence-corrected chi connectivity index (χ2v) is 4.49. The minimum Gasteiger partial charge on any atom is -0.347 e. The number of carbonyl (C=O) groups excluding carboxylic acids is 2. The zero-order valence-electron chi connectivity index (χ0n) is 11.3. The Morgan fingerprint density at radius 3 is 2.58 bits per heavy atom. The largest absolute Gasteiger partial charge is 0.347 e. The number of aromatic nitrogens is 2. The van der Waals surface area contributed by atoms with Gasteiger partial charge in [0.2, 0.25) is 17.7 Å². The maximum atomic E-state index is 11.5. The molecule has 0 bridgehead atoms. The molecule has 1 atom stereocenters. The average molecular weight is 269 g/mol. The molecular formula is C11H19N5O3. The fourth-order valence-corrected chi connectivity index (χ4v) is 1.24. The van der Waals surface area contributed by atoms with Gasteiger partial charge in [0, 0.05) is 6.92 Å². The number of aryl methyl sites for hydroxylation is 1. The quantitative estimate of drug-likeness (QED) is 0.614. The zero-order valence-corrected chi connectivity index (χ0v) is 11.3. The zero-order chi connectivity index (χ0) is 14.4. The summed E-state index contributed by atoms with van der Waals surface area (Å²) >= 11 is 0. The van der Waals surface area contributed by atoms with Gasteiger partial charge >= 0.3 is 0 Å². The van der Waals surface area contributed by atoms with Gasteiger partial charge in [-0.2, -0.15) is 4.98 Å². The first-order valence-electron chi connectivity index (χ1n) is 5.99. The lowest BCUT2D eigenvalue weighted by Crippen LogP contribution is -2.47. The Morgan fingerprint density at radius 1 is 1.37 bits per heavy atom. The van der Waals surface area contributed by atoms with Crippen LogP contribution in [0, 0.1) is 12.8 Å². The summed E-state index contributed by atoms with van der Waals surface area (Å²) in [6, 6.07) is -0.618. The molecule has 0 aromatic carbocycles. The lowest BCUT2D eigenvalue weighted by molar-refractivity contribution is -0.127. The molecule has 1 rings (SSSR count). The summed E-state index contributed by atoms with van der Waals surface area (Å²) in [4.78, 5) is 26.9. The summed E-state index contributed by atoms with van der Waals surface area (Å²) < 4.78 is 4.75. The monoisotopic (exact) mass is 269 g/mol. The van der Waals surface area contributed by atoms with Gasteiger partial charge < -0.3 is 20.9 Å². The van der Waals surface area contributed by atoms with Crippen molar-refractivity contribution in [3.63, 3.8) is 0 Å². The first-order valence-corrected chi connectivity index (χ1v) is 5.99. The highest BCUT2D eigenvalue weighted by Crippen LogP contribution is 1.97. The second kappa shape index (κ2) is 6.83. The topological polar surface area (TPSA) is 123 Å². The van der Waals surface area contributed by atoms with Crippen molar-refractivity contribution in [3.8, 4) is 0 Å². The Balaban J connectivity index is 2.26. The minimum absolute atomic E-state index is 0.0189. The van der Waals surface area contributed by atoms with Crippen LogP contribution in [0.3, 0.4) is 0 Å². The molecule has 1 aromatic rings. The van der Waals surface area contributed by atoms with E-state index in [0.29, 0.717) is 11.7 Å². The smallest absolute Gasteiger partial charge is 0.239 e. The van der Waals surface area contributed by atoms with Crippen molar-refractivity contribution in [1.29, 1.82) is 0 Å². The summed E-state index contributed by atoms with van der Waals surface area (Å²) in [5, 5.41) is 8.65. The van der Waals surface area contributed by atoms with E-state index in [4.69, 9.17) is 10.3 Å². The Morgan fingerprint density at radius 2 is 2.05 bits per heavy atom. The van der Waals surface area contributed by atoms with Crippen molar-refractivity contribution in [2.24, 2.45) is 11.7 Å². The van der Waals surface area contributed by atoms with Crippen LogP contribution in [0.15, 0.2) is 4.52 Å². The Kier molecular flexibility index (Phi) is 5.43. The third-order valence-electron chi connectivity index (χ3n) is 2.46. The van der Waals surface area contributed by atoms with E-state index in [1.54, 1.807) is 6.92 Å². The van der Waals surface area contributed by atoms with Crippen LogP contribution in [-0.2, 0) is 16.1 Å². The first kappa shape index (κ1) is 15.1. The molecule has 2 amide bonds. The Labute approximate surface area is 111 Å². The van der Waals surface area contributed by atoms with Crippen LogP contribution in [0.4, 0.5) is 0 Å². The SMILES string of the molecule is Cc1nc(CNC(=O)CNC(=O)[C@@H](N)C(C)C)no1. The summed E-state index contributed by atoms with van der Waals surface area (Å²) in [5.41, 5.74) is 5.64. The maximum Gasteiger partial charge on any atom is 0.239 e. The summed E-state index contributed by atoms with van der Waals surface area (Å²) in [7, 11) is 0. The molecular weight excluding hydrogens is 250 g/mol. The molecule has 8 nitrogen and oxygen atoms in total. The molecule has 4 N–H and O–H groups in total. The minimum atomic E-state index is -0.618. The third-order valence-corrected chi connectivity index (χ3v) is 2.46. The van der Waals surface area contributed by atoms with Crippen LogP contribution < -0.4 is 16.4 Å². The lowest BCUT2D eigenvalue weighted by Gasteiger charge is -2.14. The number of nitrogens with zero attached hydrogens (tertiary/aromatic N) is 2. The highest BCUT2D eigenvalue weighted by Gasteiger charge is 2.17. The van der Waals surface area contributed by atoms with E-state index in [1.807, 2.05) is 13.8 Å². The highest BCUT2D eigenvalue weighted by atomic mass is 16.5. The lowest BCUT2D eigenvalue weighted by atomic mass is 10.1. The molecule has 0 fully saturated rings. The van der Waals surface area contributed by atoms with Crippen LogP contribution in [-0.4, -0.2) is 34.5 Å². The predicted octanol–water partition coefficient (Wildman–Crippen LogP) is -0.906. The highest BCUT2D eigenvalue weighted by molar-refractivity contribution is 5.87. The number of carbonyl (C=O) groups is 2. The second-order valence-electron chi connectivity index (χ2n) is 4.49. The van der Waals surface area contributed by atoms with Crippen LogP contribution in [0.1, 0.15) is 25.6 Å². The van der Waals surface area contributed by atoms with Crippen molar-refractivity contribution in [2.45, 2.75) is 33.4 Å². The van der Waals surface area contributed by atoms with E-state index >= 15 is 0 Å². The molecule has 0 aliphatic rings. The van der Waals surface area contributed by atoms with E-state index in [9.17, 15) is 9.59 Å². The van der Waals surface area contributed by atoms with Crippen LogP contribution in [0.2, 0.25) is 0 Å². The fraction of sp³-hybridized carbons (Fsp3) is 0.636. The van der Waals surface area contributed by atoms with E-state index < -0.39 is 6.04 Å². The van der Waals surface area contributed by atoms with E-state index in [0.717, 1.165) is 0 Å². The van der Waals surface area contributed by atoms with Gasteiger partial charge in [0.15, 0.2) is 5.82 Å². The van der Waals surface area contributed by atoms with E-state index in [2.05, 4.69) is 20.8 Å². The van der Waals surface area contributed by atoms with Gasteiger partial charge in [-0.05, 0) is 5.92 Å². The van der Waals surface area contributed by atoms with Crippen molar-refractivity contribution in [2.75, 3.05) is 6.54 Å². The molecule has 1 heterocycles. The van der Waals surface area contributed by atoms with Crippen LogP contribution in [0.5, 0.6) is 0 Å². The molecule has 0 radical (unpaired) electrons. The number of hydrogen-bond donors (Lipinski definition) is 3. The normalized spacial score (nSPS) is 12.3. The molecule has 106 valence electrons. The van der Waals surface area contributed by atoms with Gasteiger partial charge in [-0.3, -0.25) is 9.59 Å². The standard InChI is InChI=1S/C11H19N5O3/c1-6(2)10(12)11(18)14-5-9(17)13-4-8-15-7(3)19-16-8/h6,10H,4-5,12H2,1-3H3,(H,13,17)(H,14,18)/t10-/m0/s1. The van der Waals surface area contributed by atoms with Gasteiger partial charge in [-0.1, -0.05) is 19.0 Å². The third kappa shape index (κ3) is 5.04. The van der Waals surface area contributed by atoms with Gasteiger partial charge in [-0.15, -0.1) is 0 Å². The molecule has 19 heavy (non-hydrogen) atoms. The summed E-state index contributed by atoms with van der Waals surface area (Å²) in [6.45, 7) is 5.36. The predicted molar refractivity (Wildman–Crippen MR) is 66.7 cm³/mol. The molecule has 0 unspecified atom stereocenters. The molecule has 0 aliphatic heterocycles. The fourth-order valence-electron chi connectivity index (χ4n) is 1.24. The Bertz CT molecular complexity index is 443. The van der Waals surface area contributed by atoms with E-state index in [1.165, 1.54) is 0 Å². The number of rotatable bonds is 6. The number of nitrogens with one attached hydrogen (secondary N) is 2. The molecule has 0 saturated carbocycles. The van der Waals surface area contributed by atoms with Crippen molar-refractivity contribution in [1.82, 2.24) is 20.8 Å². The molecule has 0 spiro atoms. The summed E-state index contributed by atoms with van der Waals surface area (Å²) in [5.74, 6) is 0.147. The van der Waals surface area contributed by atoms with Crippen molar-refractivity contribution >= 4 is 11.8 Å². The molecule has 0 saturated heterocycles. The maximum absolute atomic E-state index is 11.5. The van der Waals surface area contributed by atoms with Gasteiger partial charge in [-0.25, -0.2) is 0 Å². The first-order chi connectivity index (χ1) is 8.90. The van der Waals surface area contributed by atoms with Gasteiger partial charge in [0.05, 0.1) is 19.1 Å². The van der Waals surface area contributed by atoms with Crippen molar-refractivity contribution in [3.05, 3.63) is 11.7 Å². The molecule has 0 aliphatic carbocycles. The molecule has 8 heteroatoms. The number of hydrogen-bond acceptors (Lipinski definition) is 6. The van der Waals surface area contributed by atoms with Crippen LogP contribution >= 0.6 is 0 Å². The van der Waals surface area contributed by atoms with Crippen LogP contribution in [0.25, 0.3) is 0 Å². The average Bonchev–Trinajstić information content (AvgIpc) is 2.78. The van der Waals surface area contributed by atoms with Gasteiger partial charge in [0.1, 0.15) is 0 Å². The van der Waals surface area contributed by atoms with E-state index in [-0.39, 0.29) is 30.8 Å². The number of nitrogens with two attached hydrogens (primary N) is 1.